The largest absolute Gasteiger partial charge is 0.382 e. The van der Waals surface area contributed by atoms with E-state index in [1.165, 1.54) is 5.01 Å². The Kier molecular flexibility index (Phi) is 8.98. The minimum Gasteiger partial charge on any atom is -0.382 e. The van der Waals surface area contributed by atoms with Gasteiger partial charge >= 0.3 is 0 Å². The van der Waals surface area contributed by atoms with Crippen molar-refractivity contribution in [3.05, 3.63) is 16.1 Å². The van der Waals surface area contributed by atoms with Crippen molar-refractivity contribution in [1.82, 2.24) is 15.6 Å². The molecule has 0 radical (unpaired) electrons. The van der Waals surface area contributed by atoms with Crippen LogP contribution in [0.5, 0.6) is 0 Å². The van der Waals surface area contributed by atoms with Gasteiger partial charge in [-0.25, -0.2) is 4.98 Å². The highest BCUT2D eigenvalue weighted by molar-refractivity contribution is 7.09. The molecule has 0 aliphatic heterocycles. The van der Waals surface area contributed by atoms with Crippen LogP contribution >= 0.6 is 11.3 Å². The Morgan fingerprint density at radius 3 is 2.70 bits per heavy atom. The molecule has 0 aromatic carbocycles. The Bertz CT molecular complexity index is 392. The summed E-state index contributed by atoms with van der Waals surface area (Å²) in [6.45, 7) is 7.41. The molecule has 0 amide bonds. The molecule has 1 heterocycles. The molecule has 0 aliphatic carbocycles. The van der Waals surface area contributed by atoms with Gasteiger partial charge in [0.05, 0.1) is 5.01 Å². The number of hydrogen-bond acceptors (Lipinski definition) is 4. The molecule has 0 saturated heterocycles. The highest BCUT2D eigenvalue weighted by Gasteiger charge is 2.00. The highest BCUT2D eigenvalue weighted by Crippen LogP contribution is 2.10. The fourth-order valence-corrected chi connectivity index (χ4v) is 2.53. The Morgan fingerprint density at radius 1 is 1.35 bits per heavy atom. The zero-order chi connectivity index (χ0) is 14.6. The van der Waals surface area contributed by atoms with E-state index in [0.29, 0.717) is 0 Å². The summed E-state index contributed by atoms with van der Waals surface area (Å²) in [6, 6.07) is 0. The van der Waals surface area contributed by atoms with Crippen molar-refractivity contribution in [3.8, 4) is 0 Å². The molecule has 0 unspecified atom stereocenters. The molecule has 0 fully saturated rings. The standard InChI is InChI=1S/C14H26N4OS/c1-4-19-10-6-9-17-14(15-3)16-8-5-7-13-18-12(2)11-20-13/h11H,4-10H2,1-3H3,(H2,15,16,17). The van der Waals surface area contributed by atoms with Gasteiger partial charge in [0, 0.05) is 50.8 Å². The van der Waals surface area contributed by atoms with Crippen molar-refractivity contribution in [1.29, 1.82) is 0 Å². The SMILES string of the molecule is CCOCCCNC(=NC)NCCCc1nc(C)cs1. The van der Waals surface area contributed by atoms with E-state index in [2.05, 4.69) is 26.0 Å². The van der Waals surface area contributed by atoms with Gasteiger partial charge < -0.3 is 15.4 Å². The molecule has 0 saturated carbocycles. The Hall–Kier alpha value is -1.14. The lowest BCUT2D eigenvalue weighted by molar-refractivity contribution is 0.145. The lowest BCUT2D eigenvalue weighted by Gasteiger charge is -2.11. The van der Waals surface area contributed by atoms with Crippen LogP contribution in [0.3, 0.4) is 0 Å². The van der Waals surface area contributed by atoms with Crippen molar-refractivity contribution in [2.75, 3.05) is 33.4 Å². The third kappa shape index (κ3) is 7.45. The number of nitrogens with one attached hydrogen (secondary N) is 2. The van der Waals surface area contributed by atoms with E-state index in [-0.39, 0.29) is 0 Å². The fourth-order valence-electron chi connectivity index (χ4n) is 1.71. The van der Waals surface area contributed by atoms with Gasteiger partial charge in [-0.2, -0.15) is 0 Å². The molecule has 6 heteroatoms. The Labute approximate surface area is 125 Å². The number of rotatable bonds is 9. The van der Waals surface area contributed by atoms with Crippen molar-refractivity contribution < 1.29 is 4.74 Å². The number of ether oxygens (including phenoxy) is 1. The van der Waals surface area contributed by atoms with Gasteiger partial charge in [0.25, 0.3) is 0 Å². The molecule has 5 nitrogen and oxygen atoms in total. The average molecular weight is 298 g/mol. The molecule has 0 bridgehead atoms. The van der Waals surface area contributed by atoms with E-state index >= 15 is 0 Å². The maximum Gasteiger partial charge on any atom is 0.190 e. The number of guanidine groups is 1. The van der Waals surface area contributed by atoms with Crippen LogP contribution in [0.4, 0.5) is 0 Å². The van der Waals surface area contributed by atoms with Crippen molar-refractivity contribution in [2.24, 2.45) is 4.99 Å². The number of aryl methyl sites for hydroxylation is 2. The van der Waals surface area contributed by atoms with Crippen molar-refractivity contribution in [2.45, 2.75) is 33.1 Å². The Morgan fingerprint density at radius 2 is 2.10 bits per heavy atom. The van der Waals surface area contributed by atoms with E-state index in [1.54, 1.807) is 18.4 Å². The fraction of sp³-hybridized carbons (Fsp3) is 0.714. The predicted octanol–water partition coefficient (Wildman–Crippen LogP) is 1.98. The van der Waals surface area contributed by atoms with Crippen LogP contribution in [0.25, 0.3) is 0 Å². The van der Waals surface area contributed by atoms with Crippen LogP contribution < -0.4 is 10.6 Å². The number of aromatic nitrogens is 1. The quantitative estimate of drug-likeness (QED) is 0.416. The normalized spacial score (nSPS) is 11.7. The molecule has 0 spiro atoms. The maximum absolute atomic E-state index is 5.29. The van der Waals surface area contributed by atoms with Crippen molar-refractivity contribution in [3.63, 3.8) is 0 Å². The molecule has 0 atom stereocenters. The second-order valence-corrected chi connectivity index (χ2v) is 5.41. The van der Waals surface area contributed by atoms with Crippen LogP contribution in [-0.2, 0) is 11.2 Å². The monoisotopic (exact) mass is 298 g/mol. The molecular formula is C14H26N4OS. The third-order valence-electron chi connectivity index (χ3n) is 2.71. The Balaban J connectivity index is 2.06. The van der Waals surface area contributed by atoms with Gasteiger partial charge in [-0.15, -0.1) is 11.3 Å². The van der Waals surface area contributed by atoms with Crippen LogP contribution in [0, 0.1) is 6.92 Å². The van der Waals surface area contributed by atoms with Crippen LogP contribution in [-0.4, -0.2) is 44.3 Å². The van der Waals surface area contributed by atoms with E-state index in [9.17, 15) is 0 Å². The molecule has 20 heavy (non-hydrogen) atoms. The van der Waals surface area contributed by atoms with Crippen LogP contribution in [0.1, 0.15) is 30.5 Å². The number of hydrogen-bond donors (Lipinski definition) is 2. The third-order valence-corrected chi connectivity index (χ3v) is 3.74. The summed E-state index contributed by atoms with van der Waals surface area (Å²) < 4.78 is 5.29. The molecule has 0 aliphatic rings. The number of nitrogens with zero attached hydrogens (tertiary/aromatic N) is 2. The topological polar surface area (TPSA) is 58.5 Å². The summed E-state index contributed by atoms with van der Waals surface area (Å²) in [4.78, 5) is 8.65. The minimum atomic E-state index is 0.781. The lowest BCUT2D eigenvalue weighted by atomic mass is 10.3. The number of aliphatic imine (C=N–C) groups is 1. The minimum absolute atomic E-state index is 0.781. The highest BCUT2D eigenvalue weighted by atomic mass is 32.1. The molecule has 1 aromatic heterocycles. The maximum atomic E-state index is 5.29. The van der Waals surface area contributed by atoms with E-state index in [1.807, 2.05) is 13.8 Å². The summed E-state index contributed by atoms with van der Waals surface area (Å²) in [5.41, 5.74) is 1.12. The summed E-state index contributed by atoms with van der Waals surface area (Å²) in [5, 5.41) is 9.90. The smallest absolute Gasteiger partial charge is 0.190 e. The average Bonchev–Trinajstić information content (AvgIpc) is 2.86. The molecule has 1 aromatic rings. The molecule has 114 valence electrons. The first-order chi connectivity index (χ1) is 9.76. The molecule has 2 N–H and O–H groups in total. The number of thiazole rings is 1. The van der Waals surface area contributed by atoms with Crippen molar-refractivity contribution >= 4 is 17.3 Å². The van der Waals surface area contributed by atoms with E-state index < -0.39 is 0 Å². The second-order valence-electron chi connectivity index (χ2n) is 4.46. The predicted molar refractivity (Wildman–Crippen MR) is 85.6 cm³/mol. The van der Waals surface area contributed by atoms with Gasteiger partial charge in [-0.1, -0.05) is 0 Å². The van der Waals surface area contributed by atoms with E-state index in [4.69, 9.17) is 4.74 Å². The first-order valence-corrected chi connectivity index (χ1v) is 8.07. The zero-order valence-electron chi connectivity index (χ0n) is 12.7. The van der Waals surface area contributed by atoms with Gasteiger partial charge in [0.15, 0.2) is 5.96 Å². The van der Waals surface area contributed by atoms with Gasteiger partial charge in [-0.05, 0) is 26.7 Å². The van der Waals surface area contributed by atoms with Crippen LogP contribution in [0.2, 0.25) is 0 Å². The lowest BCUT2D eigenvalue weighted by Crippen LogP contribution is -2.38. The van der Waals surface area contributed by atoms with Gasteiger partial charge in [0.2, 0.25) is 0 Å². The van der Waals surface area contributed by atoms with Gasteiger partial charge in [0.1, 0.15) is 0 Å². The summed E-state index contributed by atoms with van der Waals surface area (Å²) >= 11 is 1.74. The summed E-state index contributed by atoms with van der Waals surface area (Å²) in [6.07, 6.45) is 3.08. The summed E-state index contributed by atoms with van der Waals surface area (Å²) in [5.74, 6) is 0.858. The zero-order valence-corrected chi connectivity index (χ0v) is 13.6. The first kappa shape index (κ1) is 16.9. The first-order valence-electron chi connectivity index (χ1n) is 7.19. The molecular weight excluding hydrogens is 272 g/mol. The second kappa shape index (κ2) is 10.6. The van der Waals surface area contributed by atoms with Crippen LogP contribution in [0.15, 0.2) is 10.4 Å². The van der Waals surface area contributed by atoms with E-state index in [0.717, 1.165) is 57.2 Å². The molecule has 1 rings (SSSR count). The van der Waals surface area contributed by atoms with Gasteiger partial charge in [-0.3, -0.25) is 4.99 Å². The summed E-state index contributed by atoms with van der Waals surface area (Å²) in [7, 11) is 1.79.